The van der Waals surface area contributed by atoms with E-state index in [1.165, 1.54) is 6.21 Å². The molecular formula is C22H24N6O2. The second kappa shape index (κ2) is 8.08. The van der Waals surface area contributed by atoms with Crippen LogP contribution in [0.5, 0.6) is 0 Å². The van der Waals surface area contributed by atoms with Crippen molar-refractivity contribution in [2.24, 2.45) is 5.73 Å². The van der Waals surface area contributed by atoms with E-state index in [9.17, 15) is 4.79 Å². The number of anilines is 2. The second-order valence-corrected chi connectivity index (χ2v) is 7.35. The molecule has 1 aliphatic rings. The number of ether oxygens (including phenoxy) is 1. The average molecular weight is 404 g/mol. The summed E-state index contributed by atoms with van der Waals surface area (Å²) in [5.74, 6) is -0.710. The molecule has 4 rings (SSSR count). The summed E-state index contributed by atoms with van der Waals surface area (Å²) in [4.78, 5) is 20.8. The van der Waals surface area contributed by atoms with Crippen LogP contribution >= 0.6 is 0 Å². The number of hydrogen-bond donors (Lipinski definition) is 4. The lowest BCUT2D eigenvalue weighted by atomic mass is 9.91. The van der Waals surface area contributed by atoms with Gasteiger partial charge in [-0.05, 0) is 55.5 Å². The molecule has 1 aliphatic heterocycles. The molecule has 0 radical (unpaired) electrons. The Labute approximate surface area is 174 Å². The van der Waals surface area contributed by atoms with Crippen molar-refractivity contribution < 1.29 is 9.53 Å². The number of nitrogens with one attached hydrogen (secondary N) is 2. The average Bonchev–Trinajstić information content (AvgIpc) is 2.75. The topological polar surface area (TPSA) is 140 Å². The molecule has 8 heteroatoms. The zero-order chi connectivity index (χ0) is 21.3. The van der Waals surface area contributed by atoms with E-state index in [1.54, 1.807) is 18.3 Å². The highest BCUT2D eigenvalue weighted by molar-refractivity contribution is 6.11. The van der Waals surface area contributed by atoms with Gasteiger partial charge in [0.1, 0.15) is 6.23 Å². The molecular weight excluding hydrogens is 380 g/mol. The summed E-state index contributed by atoms with van der Waals surface area (Å²) >= 11 is 0. The number of nitrogens with two attached hydrogens (primary N) is 2. The highest BCUT2D eigenvalue weighted by atomic mass is 16.5. The summed E-state index contributed by atoms with van der Waals surface area (Å²) in [6.07, 6.45) is 5.85. The Hall–Kier alpha value is -3.52. The van der Waals surface area contributed by atoms with Gasteiger partial charge < -0.3 is 26.9 Å². The maximum Gasteiger partial charge on any atom is 0.269 e. The van der Waals surface area contributed by atoms with Gasteiger partial charge in [-0.1, -0.05) is 6.07 Å². The first kappa shape index (κ1) is 19.8. The van der Waals surface area contributed by atoms with Crippen molar-refractivity contribution in [3.63, 3.8) is 0 Å². The molecule has 1 atom stereocenters. The Balaban J connectivity index is 1.97. The predicted octanol–water partition coefficient (Wildman–Crippen LogP) is 3.22. The number of aryl methyl sites for hydroxylation is 1. The van der Waals surface area contributed by atoms with Crippen molar-refractivity contribution in [3.05, 3.63) is 47.3 Å². The quantitative estimate of drug-likeness (QED) is 0.481. The molecule has 0 spiro atoms. The summed E-state index contributed by atoms with van der Waals surface area (Å²) in [5.41, 5.74) is 16.7. The summed E-state index contributed by atoms with van der Waals surface area (Å²) < 4.78 is 5.81. The summed E-state index contributed by atoms with van der Waals surface area (Å²) in [6, 6.07) is 7.38. The lowest BCUT2D eigenvalue weighted by Crippen LogP contribution is -2.27. The fourth-order valence-corrected chi connectivity index (χ4v) is 3.91. The first-order valence-corrected chi connectivity index (χ1v) is 9.88. The van der Waals surface area contributed by atoms with Crippen LogP contribution in [0, 0.1) is 12.3 Å². The van der Waals surface area contributed by atoms with Gasteiger partial charge in [-0.2, -0.15) is 0 Å². The Bertz CT molecular complexity index is 1140. The molecule has 1 amide bonds. The molecule has 0 bridgehead atoms. The Morgan fingerprint density at radius 3 is 2.83 bits per heavy atom. The van der Waals surface area contributed by atoms with Gasteiger partial charge in [0.15, 0.2) is 5.69 Å². The maximum atomic E-state index is 12.0. The molecule has 0 saturated carbocycles. The fourth-order valence-electron chi connectivity index (χ4n) is 3.91. The Morgan fingerprint density at radius 2 is 2.13 bits per heavy atom. The fraction of sp³-hybridized carbons (Fsp3) is 0.273. The second-order valence-electron chi connectivity index (χ2n) is 7.35. The SMILES string of the molecule is Cc1ccc(NC2CCCCO2)c(C=N)c1-c1c(N)c(C(N)=O)nc2cccnc12. The Morgan fingerprint density at radius 1 is 1.30 bits per heavy atom. The van der Waals surface area contributed by atoms with Gasteiger partial charge in [0, 0.05) is 35.8 Å². The number of rotatable bonds is 5. The number of nitrogens with zero attached hydrogens (tertiary/aromatic N) is 2. The minimum atomic E-state index is -0.710. The minimum absolute atomic E-state index is 0.00481. The highest BCUT2D eigenvalue weighted by Crippen LogP contribution is 2.40. The van der Waals surface area contributed by atoms with Crippen LogP contribution in [0.1, 0.15) is 40.9 Å². The third-order valence-corrected chi connectivity index (χ3v) is 5.36. The van der Waals surface area contributed by atoms with Gasteiger partial charge in [0.25, 0.3) is 5.91 Å². The van der Waals surface area contributed by atoms with Crippen LogP contribution in [0.2, 0.25) is 0 Å². The van der Waals surface area contributed by atoms with E-state index in [2.05, 4.69) is 15.3 Å². The number of primary amides is 1. The van der Waals surface area contributed by atoms with Crippen LogP contribution in [0.4, 0.5) is 11.4 Å². The standard InChI is InChI=1S/C22H24N6O2/c1-12-7-8-14(27-16-6-2-3-10-30-16)13(11-23)17(12)18-19(24)21(22(25)29)28-15-5-4-9-26-20(15)18/h4-5,7-9,11,16,23,27H,2-3,6,10,24H2,1H3,(H2,25,29). The summed E-state index contributed by atoms with van der Waals surface area (Å²) in [7, 11) is 0. The third-order valence-electron chi connectivity index (χ3n) is 5.36. The molecule has 1 unspecified atom stereocenters. The van der Waals surface area contributed by atoms with E-state index in [-0.39, 0.29) is 17.6 Å². The number of carbonyl (C=O) groups is 1. The lowest BCUT2D eigenvalue weighted by molar-refractivity contribution is 0.0343. The summed E-state index contributed by atoms with van der Waals surface area (Å²) in [6.45, 7) is 2.64. The van der Waals surface area contributed by atoms with E-state index < -0.39 is 5.91 Å². The van der Waals surface area contributed by atoms with Crippen LogP contribution in [0.3, 0.4) is 0 Å². The molecule has 8 nitrogen and oxygen atoms in total. The largest absolute Gasteiger partial charge is 0.396 e. The van der Waals surface area contributed by atoms with Crippen LogP contribution in [-0.4, -0.2) is 34.9 Å². The van der Waals surface area contributed by atoms with Crippen LogP contribution in [0.25, 0.3) is 22.2 Å². The van der Waals surface area contributed by atoms with Crippen LogP contribution in [0.15, 0.2) is 30.5 Å². The molecule has 0 aliphatic carbocycles. The molecule has 3 aromatic rings. The monoisotopic (exact) mass is 404 g/mol. The molecule has 3 heterocycles. The van der Waals surface area contributed by atoms with Crippen molar-refractivity contribution in [2.45, 2.75) is 32.4 Å². The molecule has 1 saturated heterocycles. The highest BCUT2D eigenvalue weighted by Gasteiger charge is 2.23. The normalized spacial score (nSPS) is 16.4. The molecule has 2 aromatic heterocycles. The number of amides is 1. The third kappa shape index (κ3) is 3.46. The molecule has 1 aromatic carbocycles. The number of carbonyl (C=O) groups excluding carboxylic acids is 1. The van der Waals surface area contributed by atoms with Gasteiger partial charge in [0.2, 0.25) is 0 Å². The van der Waals surface area contributed by atoms with Crippen LogP contribution < -0.4 is 16.8 Å². The zero-order valence-electron chi connectivity index (χ0n) is 16.7. The molecule has 6 N–H and O–H groups in total. The number of aromatic nitrogens is 2. The van der Waals surface area contributed by atoms with Gasteiger partial charge in [0.05, 0.1) is 16.7 Å². The van der Waals surface area contributed by atoms with E-state index in [0.717, 1.165) is 36.1 Å². The Kier molecular flexibility index (Phi) is 5.33. The van der Waals surface area contributed by atoms with Crippen molar-refractivity contribution in [2.75, 3.05) is 17.7 Å². The molecule has 30 heavy (non-hydrogen) atoms. The minimum Gasteiger partial charge on any atom is -0.396 e. The van der Waals surface area contributed by atoms with Crippen molar-refractivity contribution >= 4 is 34.5 Å². The number of benzene rings is 1. The predicted molar refractivity (Wildman–Crippen MR) is 118 cm³/mol. The van der Waals surface area contributed by atoms with Gasteiger partial charge in [-0.25, -0.2) is 4.98 Å². The van der Waals surface area contributed by atoms with Crippen molar-refractivity contribution in [1.82, 2.24) is 9.97 Å². The maximum absolute atomic E-state index is 12.0. The summed E-state index contributed by atoms with van der Waals surface area (Å²) in [5, 5.41) is 11.5. The smallest absolute Gasteiger partial charge is 0.269 e. The van der Waals surface area contributed by atoms with Crippen molar-refractivity contribution in [1.29, 1.82) is 5.41 Å². The van der Waals surface area contributed by atoms with Gasteiger partial charge in [-0.15, -0.1) is 0 Å². The molecule has 1 fully saturated rings. The van der Waals surface area contributed by atoms with Crippen molar-refractivity contribution in [3.8, 4) is 11.1 Å². The first-order chi connectivity index (χ1) is 14.5. The van der Waals surface area contributed by atoms with E-state index in [0.29, 0.717) is 28.8 Å². The lowest BCUT2D eigenvalue weighted by Gasteiger charge is -2.26. The van der Waals surface area contributed by atoms with Gasteiger partial charge in [-0.3, -0.25) is 9.78 Å². The van der Waals surface area contributed by atoms with Crippen LogP contribution in [-0.2, 0) is 4.74 Å². The van der Waals surface area contributed by atoms with E-state index in [4.69, 9.17) is 21.6 Å². The molecule has 154 valence electrons. The number of hydrogen-bond acceptors (Lipinski definition) is 7. The number of fused-ring (bicyclic) bond motifs is 1. The van der Waals surface area contributed by atoms with E-state index >= 15 is 0 Å². The number of nitrogen functional groups attached to an aromatic ring is 1. The first-order valence-electron chi connectivity index (χ1n) is 9.88. The zero-order valence-corrected chi connectivity index (χ0v) is 16.7. The van der Waals surface area contributed by atoms with E-state index in [1.807, 2.05) is 19.1 Å². The van der Waals surface area contributed by atoms with Gasteiger partial charge >= 0.3 is 0 Å². The number of pyridine rings is 2.